The van der Waals surface area contributed by atoms with Crippen molar-refractivity contribution in [1.82, 2.24) is 0 Å². The summed E-state index contributed by atoms with van der Waals surface area (Å²) in [5.74, 6) is -1.57. The lowest BCUT2D eigenvalue weighted by atomic mass is 10.1. The number of aliphatic hydroxyl groups is 1. The zero-order valence-electron chi connectivity index (χ0n) is 49.1. The van der Waals surface area contributed by atoms with Crippen molar-refractivity contribution in [1.29, 1.82) is 0 Å². The number of unbranched alkanes of at least 4 members (excludes halogenated alkanes) is 18. The third-order valence-corrected chi connectivity index (χ3v) is 13.3. The van der Waals surface area contributed by atoms with E-state index >= 15 is 0 Å². The highest BCUT2D eigenvalue weighted by atomic mass is 31.2. The Hall–Kier alpha value is -4.12. The van der Waals surface area contributed by atoms with Gasteiger partial charge in [-0.25, -0.2) is 4.57 Å². The highest BCUT2D eigenvalue weighted by Crippen LogP contribution is 2.43. The highest BCUT2D eigenvalue weighted by molar-refractivity contribution is 7.47. The summed E-state index contributed by atoms with van der Waals surface area (Å²) in [6.45, 7) is 4.32. The molecule has 0 saturated carbocycles. The van der Waals surface area contributed by atoms with E-state index < -0.39 is 57.8 Å². The van der Waals surface area contributed by atoms with Crippen LogP contribution < -0.4 is 0 Å². The lowest BCUT2D eigenvalue weighted by molar-refractivity contribution is -0.161. The fraction of sp³-hybridized carbons (Fsp3) is 0.652. The minimum atomic E-state index is -4.78. The Bertz CT molecular complexity index is 1770. The van der Waals surface area contributed by atoms with Gasteiger partial charge in [0, 0.05) is 19.3 Å². The molecule has 11 nitrogen and oxygen atoms in total. The van der Waals surface area contributed by atoms with Crippen LogP contribution in [0.5, 0.6) is 0 Å². The van der Waals surface area contributed by atoms with Crippen LogP contribution in [0, 0.1) is 0 Å². The van der Waals surface area contributed by atoms with Crippen molar-refractivity contribution >= 4 is 25.7 Å². The molecule has 0 fully saturated rings. The Kier molecular flexibility index (Phi) is 55.9. The predicted molar refractivity (Wildman–Crippen MR) is 325 cm³/mol. The largest absolute Gasteiger partial charge is 0.472 e. The number of allylic oxidation sites excluding steroid dienone is 20. The Morgan fingerprint density at radius 2 is 0.679 bits per heavy atom. The topological polar surface area (TPSA) is 155 Å². The van der Waals surface area contributed by atoms with Gasteiger partial charge in [-0.05, 0) is 122 Å². The summed E-state index contributed by atoms with van der Waals surface area (Å²) >= 11 is 0. The van der Waals surface area contributed by atoms with Crippen LogP contribution in [0.1, 0.15) is 239 Å². The molecule has 3 unspecified atom stereocenters. The molecule has 12 heteroatoms. The molecule has 0 heterocycles. The van der Waals surface area contributed by atoms with Crippen LogP contribution in [-0.2, 0) is 42.2 Å². The SMILES string of the molecule is CC/C=C\C/C=C\C/C=C\C/C=C\C/C=C\CCCC(=O)OC(COC(=O)CCCCCCCC/C=C\C/C=C\C/C=C\C/C=C\CC)COP(=O)(O)OCC(CO)OC(=O)CCCCCCC/C=C\CCCCCCCC. The third-order valence-electron chi connectivity index (χ3n) is 12.3. The number of esters is 3. The fourth-order valence-electron chi connectivity index (χ4n) is 7.79. The van der Waals surface area contributed by atoms with Gasteiger partial charge in [0.2, 0.25) is 0 Å². The quantitative estimate of drug-likeness (QED) is 0.0197. The number of rotatable bonds is 55. The van der Waals surface area contributed by atoms with Crippen LogP contribution in [0.25, 0.3) is 0 Å². The van der Waals surface area contributed by atoms with Crippen LogP contribution in [0.2, 0.25) is 0 Å². The first-order valence-corrected chi connectivity index (χ1v) is 31.9. The molecule has 0 spiro atoms. The number of aliphatic hydroxyl groups excluding tert-OH is 1. The third kappa shape index (κ3) is 56.6. The van der Waals surface area contributed by atoms with E-state index in [4.69, 9.17) is 23.3 Å². The number of ether oxygens (including phenoxy) is 3. The molecular formula is C66H109O11P. The van der Waals surface area contributed by atoms with E-state index in [0.29, 0.717) is 25.7 Å². The van der Waals surface area contributed by atoms with Gasteiger partial charge in [-0.1, -0.05) is 219 Å². The van der Waals surface area contributed by atoms with Crippen LogP contribution >= 0.6 is 7.82 Å². The summed E-state index contributed by atoms with van der Waals surface area (Å²) in [4.78, 5) is 48.6. The molecule has 2 N–H and O–H groups in total. The second kappa shape index (κ2) is 59.0. The van der Waals surface area contributed by atoms with Gasteiger partial charge < -0.3 is 24.2 Å². The average Bonchev–Trinajstić information content (AvgIpc) is 3.43. The first-order valence-electron chi connectivity index (χ1n) is 30.4. The molecule has 0 aromatic rings. The first-order chi connectivity index (χ1) is 38.2. The number of carbonyl (C=O) groups excluding carboxylic acids is 3. The van der Waals surface area contributed by atoms with Crippen molar-refractivity contribution in [3.05, 3.63) is 122 Å². The maximum Gasteiger partial charge on any atom is 0.472 e. The first kappa shape index (κ1) is 73.9. The highest BCUT2D eigenvalue weighted by Gasteiger charge is 2.28. The lowest BCUT2D eigenvalue weighted by Gasteiger charge is -2.21. The monoisotopic (exact) mass is 1110 g/mol. The Balaban J connectivity index is 4.84. The molecule has 0 aliphatic heterocycles. The van der Waals surface area contributed by atoms with Gasteiger partial charge in [0.05, 0.1) is 19.8 Å². The molecule has 0 rings (SSSR count). The molecule has 78 heavy (non-hydrogen) atoms. The van der Waals surface area contributed by atoms with Gasteiger partial charge in [-0.15, -0.1) is 0 Å². The second-order valence-corrected chi connectivity index (χ2v) is 21.2. The minimum absolute atomic E-state index is 0.0794. The normalized spacial score (nSPS) is 14.2. The summed E-state index contributed by atoms with van der Waals surface area (Å²) in [5.41, 5.74) is 0. The van der Waals surface area contributed by atoms with E-state index in [-0.39, 0.29) is 25.9 Å². The van der Waals surface area contributed by atoms with E-state index in [2.05, 4.69) is 130 Å². The van der Waals surface area contributed by atoms with E-state index in [1.54, 1.807) is 0 Å². The molecule has 0 aromatic carbocycles. The molecule has 0 aliphatic rings. The summed E-state index contributed by atoms with van der Waals surface area (Å²) < 4.78 is 39.5. The van der Waals surface area contributed by atoms with Crippen LogP contribution in [-0.4, -0.2) is 66.5 Å². The van der Waals surface area contributed by atoms with Crippen molar-refractivity contribution < 1.29 is 52.2 Å². The van der Waals surface area contributed by atoms with Crippen LogP contribution in [0.4, 0.5) is 0 Å². The van der Waals surface area contributed by atoms with E-state index in [1.807, 2.05) is 12.2 Å². The molecule has 0 amide bonds. The molecule has 0 aliphatic carbocycles. The fourth-order valence-corrected chi connectivity index (χ4v) is 8.57. The van der Waals surface area contributed by atoms with E-state index in [9.17, 15) is 28.9 Å². The van der Waals surface area contributed by atoms with Crippen molar-refractivity contribution in [3.8, 4) is 0 Å². The van der Waals surface area contributed by atoms with Crippen molar-refractivity contribution in [2.45, 2.75) is 251 Å². The standard InChI is InChI=1S/C66H109O11P/c1-4-7-10-13-16-19-22-25-28-30-31-33-35-37-40-43-46-49-52-55-64(68)73-59-63(77-66(70)57-54-51-48-45-42-39-36-32-29-26-23-20-17-14-11-8-5-2)61-75-78(71,72)74-60-62(58-67)76-65(69)56-53-50-47-44-41-38-34-27-24-21-18-15-12-9-6-3/h7-8,10-11,16-17,19-20,25-29,31,33-34,36,39,45,48,62-63,67H,4-6,9,12-15,18,21-24,30,32,35,37-38,40-44,46-47,49-61H2,1-3H3,(H,71,72)/b10-7-,11-8-,19-16-,20-17-,28-25-,29-26-,33-31-,34-27-,39-36-,48-45-. The van der Waals surface area contributed by atoms with Crippen molar-refractivity contribution in [2.24, 2.45) is 0 Å². The molecule has 3 atom stereocenters. The van der Waals surface area contributed by atoms with Gasteiger partial charge in [-0.3, -0.25) is 23.4 Å². The summed E-state index contributed by atoms with van der Waals surface area (Å²) in [6, 6.07) is 0. The number of phosphoric acid groups is 1. The number of hydrogen-bond donors (Lipinski definition) is 2. The van der Waals surface area contributed by atoms with Gasteiger partial charge in [0.1, 0.15) is 12.7 Å². The molecule has 0 aromatic heterocycles. The molecule has 0 radical (unpaired) electrons. The molecule has 0 saturated heterocycles. The van der Waals surface area contributed by atoms with Crippen LogP contribution in [0.15, 0.2) is 122 Å². The zero-order valence-corrected chi connectivity index (χ0v) is 50.0. The Morgan fingerprint density at radius 3 is 1.09 bits per heavy atom. The maximum atomic E-state index is 12.9. The van der Waals surface area contributed by atoms with Crippen molar-refractivity contribution in [3.63, 3.8) is 0 Å². The summed E-state index contributed by atoms with van der Waals surface area (Å²) in [7, 11) is -4.78. The molecule has 0 bridgehead atoms. The summed E-state index contributed by atoms with van der Waals surface area (Å²) in [5, 5.41) is 9.83. The lowest BCUT2D eigenvalue weighted by Crippen LogP contribution is -2.30. The van der Waals surface area contributed by atoms with Gasteiger partial charge in [0.25, 0.3) is 0 Å². The summed E-state index contributed by atoms with van der Waals surface area (Å²) in [6.07, 6.45) is 73.0. The van der Waals surface area contributed by atoms with Crippen molar-refractivity contribution in [2.75, 3.05) is 26.4 Å². The zero-order chi connectivity index (χ0) is 56.9. The number of carbonyl (C=O) groups is 3. The van der Waals surface area contributed by atoms with Gasteiger partial charge in [-0.2, -0.15) is 0 Å². The number of hydrogen-bond acceptors (Lipinski definition) is 10. The predicted octanol–water partition coefficient (Wildman–Crippen LogP) is 18.4. The van der Waals surface area contributed by atoms with E-state index in [0.717, 1.165) is 135 Å². The second-order valence-electron chi connectivity index (χ2n) is 19.7. The Labute approximate surface area is 475 Å². The molecular weight excluding hydrogens is 1000 g/mol. The molecule has 444 valence electrons. The van der Waals surface area contributed by atoms with Gasteiger partial charge in [0.15, 0.2) is 6.10 Å². The number of phosphoric ester groups is 1. The van der Waals surface area contributed by atoms with E-state index in [1.165, 1.54) is 38.5 Å². The smallest absolute Gasteiger partial charge is 0.462 e. The minimum Gasteiger partial charge on any atom is -0.462 e. The van der Waals surface area contributed by atoms with Crippen LogP contribution in [0.3, 0.4) is 0 Å². The maximum absolute atomic E-state index is 12.9. The van der Waals surface area contributed by atoms with Gasteiger partial charge >= 0.3 is 25.7 Å². The Morgan fingerprint density at radius 1 is 0.372 bits per heavy atom. The average molecular weight is 1110 g/mol.